The van der Waals surface area contributed by atoms with E-state index < -0.39 is 6.04 Å². The Morgan fingerprint density at radius 2 is 2.00 bits per heavy atom. The third kappa shape index (κ3) is 5.53. The smallest absolute Gasteiger partial charge is 0.255 e. The summed E-state index contributed by atoms with van der Waals surface area (Å²) in [6.45, 7) is 12.1. The van der Waals surface area contributed by atoms with Crippen LogP contribution in [0.4, 0.5) is 11.6 Å². The molecule has 0 aliphatic carbocycles. The van der Waals surface area contributed by atoms with Crippen molar-refractivity contribution in [3.05, 3.63) is 70.4 Å². The molecule has 8 heteroatoms. The van der Waals surface area contributed by atoms with Gasteiger partial charge in [-0.2, -0.15) is 4.98 Å². The summed E-state index contributed by atoms with van der Waals surface area (Å²) in [6, 6.07) is 13.4. The summed E-state index contributed by atoms with van der Waals surface area (Å²) >= 11 is 1.61. The molecule has 0 spiro atoms. The number of aromatic nitrogens is 3. The molecule has 184 valence electrons. The number of thioether (sulfide) groups is 1. The summed E-state index contributed by atoms with van der Waals surface area (Å²) in [5, 5.41) is 11.9. The first-order valence-corrected chi connectivity index (χ1v) is 13.0. The maximum atomic E-state index is 13.7. The average molecular weight is 492 g/mol. The van der Waals surface area contributed by atoms with Crippen LogP contribution in [0.15, 0.2) is 58.9 Å². The van der Waals surface area contributed by atoms with E-state index in [0.717, 1.165) is 46.0 Å². The highest BCUT2D eigenvalue weighted by Crippen LogP contribution is 2.38. The van der Waals surface area contributed by atoms with E-state index in [1.165, 1.54) is 0 Å². The summed E-state index contributed by atoms with van der Waals surface area (Å²) < 4.78 is 7.77. The molecule has 1 aromatic heterocycles. The van der Waals surface area contributed by atoms with Crippen LogP contribution in [0, 0.1) is 13.8 Å². The molecule has 2 heterocycles. The van der Waals surface area contributed by atoms with Gasteiger partial charge in [-0.3, -0.25) is 4.79 Å². The topological polar surface area (TPSA) is 81.1 Å². The molecular weight excluding hydrogens is 458 g/mol. The molecule has 35 heavy (non-hydrogen) atoms. The number of hydrogen-bond donors (Lipinski definition) is 2. The van der Waals surface area contributed by atoms with Gasteiger partial charge in [0.15, 0.2) is 0 Å². The van der Waals surface area contributed by atoms with Gasteiger partial charge in [0.05, 0.1) is 11.7 Å². The van der Waals surface area contributed by atoms with Gasteiger partial charge < -0.3 is 15.4 Å². The fourth-order valence-electron chi connectivity index (χ4n) is 4.16. The lowest BCUT2D eigenvalue weighted by Gasteiger charge is -2.29. The Kier molecular flexibility index (Phi) is 7.50. The van der Waals surface area contributed by atoms with Crippen LogP contribution in [0.25, 0.3) is 0 Å². The molecule has 0 saturated carbocycles. The highest BCUT2D eigenvalue weighted by Gasteiger charge is 2.34. The summed E-state index contributed by atoms with van der Waals surface area (Å²) in [4.78, 5) is 18.4. The zero-order valence-corrected chi connectivity index (χ0v) is 22.0. The van der Waals surface area contributed by atoms with E-state index in [2.05, 4.69) is 23.6 Å². The Bertz CT molecular complexity index is 1260. The van der Waals surface area contributed by atoms with Gasteiger partial charge in [0.1, 0.15) is 11.8 Å². The average Bonchev–Trinajstić information content (AvgIpc) is 3.20. The second kappa shape index (κ2) is 10.6. The van der Waals surface area contributed by atoms with Gasteiger partial charge >= 0.3 is 0 Å². The minimum atomic E-state index is -0.448. The van der Waals surface area contributed by atoms with Crippen molar-refractivity contribution in [2.45, 2.75) is 65.3 Å². The third-order valence-electron chi connectivity index (χ3n) is 5.69. The molecule has 4 rings (SSSR count). The normalized spacial score (nSPS) is 15.1. The Morgan fingerprint density at radius 3 is 2.71 bits per heavy atom. The molecule has 2 N–H and O–H groups in total. The van der Waals surface area contributed by atoms with Crippen molar-refractivity contribution in [1.82, 2.24) is 14.8 Å². The van der Waals surface area contributed by atoms with Gasteiger partial charge in [-0.05, 0) is 70.4 Å². The molecule has 0 fully saturated rings. The van der Waals surface area contributed by atoms with Crippen molar-refractivity contribution in [3.63, 3.8) is 0 Å². The molecule has 7 nitrogen and oxygen atoms in total. The minimum Gasteiger partial charge on any atom is -0.491 e. The van der Waals surface area contributed by atoms with Crippen molar-refractivity contribution in [3.8, 4) is 5.75 Å². The predicted octanol–water partition coefficient (Wildman–Crippen LogP) is 6.11. The van der Waals surface area contributed by atoms with Gasteiger partial charge in [-0.1, -0.05) is 48.5 Å². The van der Waals surface area contributed by atoms with Gasteiger partial charge in [-0.25, -0.2) is 4.68 Å². The van der Waals surface area contributed by atoms with Crippen LogP contribution in [-0.2, 0) is 4.79 Å². The monoisotopic (exact) mass is 491 g/mol. The number of allylic oxidation sites excluding steroid dienone is 1. The highest BCUT2D eigenvalue weighted by molar-refractivity contribution is 7.99. The zero-order chi connectivity index (χ0) is 25.1. The summed E-state index contributed by atoms with van der Waals surface area (Å²) in [7, 11) is 0. The molecule has 1 atom stereocenters. The molecule has 1 aliphatic rings. The quantitative estimate of drug-likeness (QED) is 0.370. The molecule has 0 radical (unpaired) electrons. The number of ether oxygens (including phenoxy) is 1. The van der Waals surface area contributed by atoms with E-state index in [-0.39, 0.29) is 12.0 Å². The maximum Gasteiger partial charge on any atom is 0.255 e. The fourth-order valence-corrected chi connectivity index (χ4v) is 4.85. The second-order valence-corrected chi connectivity index (χ2v) is 10.2. The van der Waals surface area contributed by atoms with Crippen molar-refractivity contribution in [1.29, 1.82) is 0 Å². The predicted molar refractivity (Wildman–Crippen MR) is 142 cm³/mol. The number of amides is 1. The molecule has 1 amide bonds. The van der Waals surface area contributed by atoms with Crippen LogP contribution in [0.2, 0.25) is 0 Å². The SMILES string of the molecule is CCCSc1nc2n(n1)C(c1cccc(OC(C)C)c1)C(C(=O)Nc1ccc(C)cc1C)=C(C)N2. The number of hydrogen-bond acceptors (Lipinski definition) is 6. The highest BCUT2D eigenvalue weighted by atomic mass is 32.2. The molecule has 3 aromatic rings. The van der Waals surface area contributed by atoms with Crippen LogP contribution < -0.4 is 15.4 Å². The first-order valence-electron chi connectivity index (χ1n) is 12.0. The van der Waals surface area contributed by atoms with E-state index in [4.69, 9.17) is 14.8 Å². The molecule has 2 aromatic carbocycles. The van der Waals surface area contributed by atoms with Crippen LogP contribution in [-0.4, -0.2) is 32.5 Å². The number of rotatable bonds is 8. The van der Waals surface area contributed by atoms with Crippen molar-refractivity contribution < 1.29 is 9.53 Å². The van der Waals surface area contributed by atoms with Crippen molar-refractivity contribution in [2.24, 2.45) is 0 Å². The number of benzene rings is 2. The lowest BCUT2D eigenvalue weighted by molar-refractivity contribution is -0.113. The standard InChI is InChI=1S/C27H33N5O2S/c1-7-13-35-27-30-26-28-19(6)23(25(33)29-22-12-11-17(4)14-18(22)5)24(32(26)31-27)20-9-8-10-21(15-20)34-16(2)3/h8-12,14-16,24H,7,13H2,1-6H3,(H,29,33)(H,28,30,31). The number of carbonyl (C=O) groups is 1. The number of nitrogens with one attached hydrogen (secondary N) is 2. The van der Waals surface area contributed by atoms with Crippen LogP contribution in [0.1, 0.15) is 56.8 Å². The Morgan fingerprint density at radius 1 is 1.20 bits per heavy atom. The minimum absolute atomic E-state index is 0.0433. The Hall–Kier alpha value is -3.26. The van der Waals surface area contributed by atoms with Gasteiger partial charge in [0.2, 0.25) is 11.1 Å². The Labute approximate surface area is 211 Å². The lowest BCUT2D eigenvalue weighted by atomic mass is 9.94. The molecule has 0 bridgehead atoms. The van der Waals surface area contributed by atoms with Gasteiger partial charge in [-0.15, -0.1) is 5.10 Å². The van der Waals surface area contributed by atoms with E-state index in [9.17, 15) is 4.79 Å². The Balaban J connectivity index is 1.77. The number of carbonyl (C=O) groups excluding carboxylic acids is 1. The summed E-state index contributed by atoms with van der Waals surface area (Å²) in [6.07, 6.45) is 1.07. The second-order valence-electron chi connectivity index (χ2n) is 9.09. The summed E-state index contributed by atoms with van der Waals surface area (Å²) in [5.41, 5.74) is 5.21. The summed E-state index contributed by atoms with van der Waals surface area (Å²) in [5.74, 6) is 2.14. The number of aryl methyl sites for hydroxylation is 2. The van der Waals surface area contributed by atoms with Crippen LogP contribution in [0.3, 0.4) is 0 Å². The number of nitrogens with zero attached hydrogens (tertiary/aromatic N) is 3. The molecular formula is C27H33N5O2S. The van der Waals surface area contributed by atoms with Crippen LogP contribution in [0.5, 0.6) is 5.75 Å². The van der Waals surface area contributed by atoms with E-state index >= 15 is 0 Å². The zero-order valence-electron chi connectivity index (χ0n) is 21.2. The van der Waals surface area contributed by atoms with Gasteiger partial charge in [0.25, 0.3) is 5.91 Å². The van der Waals surface area contributed by atoms with Crippen molar-refractivity contribution >= 4 is 29.3 Å². The molecule has 1 unspecified atom stereocenters. The first kappa shape index (κ1) is 24.9. The van der Waals surface area contributed by atoms with Gasteiger partial charge in [0, 0.05) is 17.1 Å². The molecule has 0 saturated heterocycles. The lowest BCUT2D eigenvalue weighted by Crippen LogP contribution is -2.31. The van der Waals surface area contributed by atoms with Crippen LogP contribution >= 0.6 is 11.8 Å². The van der Waals surface area contributed by atoms with Crippen molar-refractivity contribution in [2.75, 3.05) is 16.4 Å². The third-order valence-corrected chi connectivity index (χ3v) is 6.73. The van der Waals surface area contributed by atoms with E-state index in [0.29, 0.717) is 16.7 Å². The number of anilines is 2. The molecule has 1 aliphatic heterocycles. The first-order chi connectivity index (χ1) is 16.8. The number of fused-ring (bicyclic) bond motifs is 1. The maximum absolute atomic E-state index is 13.7. The fraction of sp³-hybridized carbons (Fsp3) is 0.370. The largest absolute Gasteiger partial charge is 0.491 e. The van der Waals surface area contributed by atoms with E-state index in [1.807, 2.05) is 75.7 Å². The van der Waals surface area contributed by atoms with E-state index in [1.54, 1.807) is 11.8 Å².